The lowest BCUT2D eigenvalue weighted by atomic mass is 9.81. The van der Waals surface area contributed by atoms with Gasteiger partial charge in [-0.1, -0.05) is 278 Å². The van der Waals surface area contributed by atoms with Crippen LogP contribution in [0.4, 0.5) is 0 Å². The first-order chi connectivity index (χ1) is 49.0. The van der Waals surface area contributed by atoms with Crippen LogP contribution in [0.3, 0.4) is 0 Å². The molecular formula is C86H68N4OSi. The molecule has 12 aromatic carbocycles. The topological polar surface area (TPSA) is 35.9 Å². The maximum Gasteiger partial charge on any atom is 0.269 e. The van der Waals surface area contributed by atoms with Crippen LogP contribution in [0.1, 0.15) is 66.4 Å². The fourth-order valence-electron chi connectivity index (χ4n) is 13.8. The monoisotopic (exact) mass is 1210 g/mol. The summed E-state index contributed by atoms with van der Waals surface area (Å²) in [5.41, 5.74) is 10.3. The lowest BCUT2D eigenvalue weighted by Gasteiger charge is -2.35. The van der Waals surface area contributed by atoms with Gasteiger partial charge in [0.15, 0.2) is 8.07 Å². The van der Waals surface area contributed by atoms with Crippen molar-refractivity contribution in [3.8, 4) is 84.3 Å². The van der Waals surface area contributed by atoms with Gasteiger partial charge in [0.1, 0.15) is 17.3 Å². The molecular weight excluding hydrogens is 1130 g/mol. The minimum atomic E-state index is -3.33. The molecule has 0 spiro atoms. The molecule has 442 valence electrons. The van der Waals surface area contributed by atoms with Crippen LogP contribution in [0, 0.1) is 6.33 Å². The van der Waals surface area contributed by atoms with Crippen molar-refractivity contribution >= 4 is 61.7 Å². The van der Waals surface area contributed by atoms with E-state index in [1.54, 1.807) is 0 Å². The SMILES string of the molecule is [2H]c1c([2H])c([2H])c(-c2cc3c4c(c2)n(-c2cccc(Oc5ccc6c7ccccc7n(-c7cc(C(C)(C)C)ccn7)c6c5)c2)[c-][n+]4-c2c(cc(C(C)(C)C)cc2-c2c([2H])c([2H])c([2H])c([2H])c2[2H])-c2cc([Si](c4ccccc4)(c4ccccc4)c4ccccc4)ccc2-c2ccccc2-3)c([2H])c1[2H]. The van der Waals surface area contributed by atoms with Gasteiger partial charge in [-0.15, -0.1) is 0 Å². The first kappa shape index (κ1) is 46.2. The summed E-state index contributed by atoms with van der Waals surface area (Å²) in [5, 5.41) is 6.59. The molecule has 0 atom stereocenters. The highest BCUT2D eigenvalue weighted by Crippen LogP contribution is 2.48. The number of ether oxygens (including phenoxy) is 1. The molecule has 92 heavy (non-hydrogen) atoms. The van der Waals surface area contributed by atoms with Crippen LogP contribution < -0.4 is 30.1 Å². The number of benzene rings is 12. The van der Waals surface area contributed by atoms with Gasteiger partial charge in [0.2, 0.25) is 0 Å². The average molecular weight is 1210 g/mol. The van der Waals surface area contributed by atoms with Gasteiger partial charge in [-0.2, -0.15) is 0 Å². The second-order valence-electron chi connectivity index (χ2n) is 25.8. The van der Waals surface area contributed by atoms with Gasteiger partial charge in [-0.3, -0.25) is 13.7 Å². The van der Waals surface area contributed by atoms with E-state index in [1.165, 1.54) is 0 Å². The van der Waals surface area contributed by atoms with Gasteiger partial charge in [0.05, 0.1) is 47.1 Å². The van der Waals surface area contributed by atoms with Crippen molar-refractivity contribution in [3.63, 3.8) is 0 Å². The number of hydrogen-bond acceptors (Lipinski definition) is 2. The Bertz CT molecular complexity index is 5810. The van der Waals surface area contributed by atoms with Crippen LogP contribution in [0.5, 0.6) is 11.5 Å². The Hall–Kier alpha value is -10.9. The van der Waals surface area contributed by atoms with Crippen molar-refractivity contribution in [3.05, 3.63) is 321 Å². The normalized spacial score (nSPS) is 13.8. The molecule has 5 nitrogen and oxygen atoms in total. The summed E-state index contributed by atoms with van der Waals surface area (Å²) in [4.78, 5) is 4.93. The second kappa shape index (κ2) is 22.2. The third-order valence-electron chi connectivity index (χ3n) is 18.2. The summed E-state index contributed by atoms with van der Waals surface area (Å²) in [5.74, 6) is 1.80. The Balaban J connectivity index is 1.03. The van der Waals surface area contributed by atoms with E-state index in [4.69, 9.17) is 15.2 Å². The molecule has 0 unspecified atom stereocenters. The van der Waals surface area contributed by atoms with Gasteiger partial charge in [-0.05, 0) is 153 Å². The number of aromatic nitrogens is 4. The quantitative estimate of drug-likeness (QED) is 0.0592. The van der Waals surface area contributed by atoms with Crippen molar-refractivity contribution < 1.29 is 23.0 Å². The number of fused-ring (bicyclic) bond motifs is 10. The number of hydrogen-bond donors (Lipinski definition) is 0. The van der Waals surface area contributed by atoms with E-state index in [9.17, 15) is 8.22 Å². The lowest BCUT2D eigenvalue weighted by Crippen LogP contribution is -2.74. The summed E-state index contributed by atoms with van der Waals surface area (Å²) in [6.45, 7) is 12.9. The van der Waals surface area contributed by atoms with Crippen molar-refractivity contribution in [2.24, 2.45) is 0 Å². The highest BCUT2D eigenvalue weighted by Gasteiger charge is 2.42. The molecule has 0 bridgehead atoms. The summed E-state index contributed by atoms with van der Waals surface area (Å²) in [6.07, 6.45) is 5.73. The molecule has 0 amide bonds. The molecule has 0 saturated carbocycles. The molecule has 0 fully saturated rings. The van der Waals surface area contributed by atoms with E-state index in [1.807, 2.05) is 118 Å². The molecule has 0 saturated heterocycles. The fourth-order valence-corrected chi connectivity index (χ4v) is 18.5. The molecule has 4 heterocycles. The highest BCUT2D eigenvalue weighted by molar-refractivity contribution is 7.20. The Morgan fingerprint density at radius 1 is 0.413 bits per heavy atom. The molecule has 1 aliphatic rings. The van der Waals surface area contributed by atoms with Gasteiger partial charge in [-0.25, -0.2) is 4.98 Å². The zero-order chi connectivity index (χ0) is 71.0. The summed E-state index contributed by atoms with van der Waals surface area (Å²) < 4.78 is 106. The highest BCUT2D eigenvalue weighted by atomic mass is 28.3. The molecule has 16 rings (SSSR count). The minimum absolute atomic E-state index is 0.00913. The predicted molar refractivity (Wildman–Crippen MR) is 384 cm³/mol. The van der Waals surface area contributed by atoms with Crippen LogP contribution in [0.2, 0.25) is 0 Å². The third kappa shape index (κ3) is 9.52. The van der Waals surface area contributed by atoms with Crippen molar-refractivity contribution in [1.29, 1.82) is 0 Å². The Morgan fingerprint density at radius 2 is 1.00 bits per heavy atom. The second-order valence-corrected chi connectivity index (χ2v) is 29.6. The first-order valence-electron chi connectivity index (χ1n) is 36.1. The van der Waals surface area contributed by atoms with Gasteiger partial charge in [0, 0.05) is 23.0 Å². The number of nitrogens with zero attached hydrogens (tertiary/aromatic N) is 4. The smallest absolute Gasteiger partial charge is 0.269 e. The lowest BCUT2D eigenvalue weighted by molar-refractivity contribution is -0.570. The van der Waals surface area contributed by atoms with Crippen LogP contribution in [-0.2, 0) is 10.8 Å². The van der Waals surface area contributed by atoms with Crippen molar-refractivity contribution in [1.82, 2.24) is 14.1 Å². The van der Waals surface area contributed by atoms with Gasteiger partial charge >= 0.3 is 0 Å². The van der Waals surface area contributed by atoms with E-state index in [0.717, 1.165) is 81.8 Å². The predicted octanol–water partition coefficient (Wildman–Crippen LogP) is 18.6. The van der Waals surface area contributed by atoms with Crippen LogP contribution in [0.15, 0.2) is 303 Å². The van der Waals surface area contributed by atoms with Crippen LogP contribution in [0.25, 0.3) is 106 Å². The van der Waals surface area contributed by atoms with E-state index < -0.39 is 49.7 Å². The Labute approximate surface area is 553 Å². The van der Waals surface area contributed by atoms with E-state index >= 15 is 0 Å². The molecule has 15 aromatic rings. The van der Waals surface area contributed by atoms with Crippen LogP contribution >= 0.6 is 0 Å². The zero-order valence-electron chi connectivity index (χ0n) is 61.8. The Kier molecular flexibility index (Phi) is 11.2. The van der Waals surface area contributed by atoms with Gasteiger partial charge < -0.3 is 4.74 Å². The average Bonchev–Trinajstić information content (AvgIpc) is 1.42. The number of imidazole rings is 1. The zero-order valence-corrected chi connectivity index (χ0v) is 52.8. The summed E-state index contributed by atoms with van der Waals surface area (Å²) >= 11 is 0. The molecule has 6 heteroatoms. The van der Waals surface area contributed by atoms with Crippen molar-refractivity contribution in [2.75, 3.05) is 0 Å². The molecule has 0 radical (unpaired) electrons. The van der Waals surface area contributed by atoms with Crippen molar-refractivity contribution in [2.45, 2.75) is 52.4 Å². The minimum Gasteiger partial charge on any atom is -0.458 e. The van der Waals surface area contributed by atoms with Gasteiger partial charge in [0.25, 0.3) is 6.33 Å². The summed E-state index contributed by atoms with van der Waals surface area (Å²) in [7, 11) is -3.33. The molecule has 3 aromatic heterocycles. The van der Waals surface area contributed by atoms with Crippen LogP contribution in [-0.4, -0.2) is 22.2 Å². The number of rotatable bonds is 10. The maximum absolute atomic E-state index is 9.94. The Morgan fingerprint density at radius 3 is 1.67 bits per heavy atom. The third-order valence-corrected chi connectivity index (χ3v) is 23.0. The van der Waals surface area contributed by atoms with E-state index in [-0.39, 0.29) is 40.7 Å². The van der Waals surface area contributed by atoms with E-state index in [2.05, 4.69) is 186 Å². The van der Waals surface area contributed by atoms with E-state index in [0.29, 0.717) is 56.2 Å². The first-order valence-corrected chi connectivity index (χ1v) is 33.1. The maximum atomic E-state index is 9.94. The summed E-state index contributed by atoms with van der Waals surface area (Å²) in [6, 6.07) is 76.5. The number of para-hydroxylation sites is 1. The molecule has 0 N–H and O–H groups in total. The largest absolute Gasteiger partial charge is 0.458 e. The molecule has 0 aliphatic carbocycles. The fraction of sp³-hybridized carbons (Fsp3) is 0.0930. The standard InChI is InChI=1S/C86H68N4OSi/c1-85(2,3)61-47-48-87-82(53-61)90-79-42-25-24-41-73(79)74-45-43-65(55-80(74)90)91-64-32-26-31-63(54-64)88-57-89-83-75(59-29-14-8-15-30-59)51-62(86(4,5)6)52-78(83)76-56-69(92(66-33-16-9-17-34-66,67-35-18-10-19-36-67)68-37-20-11-21-38-68)44-46-72(76)70-39-22-23-40-71(70)77-49-60(50-81(88)84(77)89)58-27-12-7-13-28-58/h7-56H,1-6H3/i7D,8D,12D,13D,14D,15D,27D,28D,29D,30D. The number of pyridine rings is 1. The molecule has 1 aliphatic heterocycles.